The second-order valence-corrected chi connectivity index (χ2v) is 5.46. The largest absolute Gasteiger partial charge is 0.490 e. The highest BCUT2D eigenvalue weighted by Gasteiger charge is 2.15. The summed E-state index contributed by atoms with van der Waals surface area (Å²) in [4.78, 5) is 11.7. The van der Waals surface area contributed by atoms with Gasteiger partial charge in [0.2, 0.25) is 0 Å². The highest BCUT2D eigenvalue weighted by Crippen LogP contribution is 2.37. The van der Waals surface area contributed by atoms with E-state index in [1.807, 2.05) is 6.92 Å². The highest BCUT2D eigenvalue weighted by atomic mass is 79.9. The Kier molecular flexibility index (Phi) is 5.95. The Morgan fingerprint density at radius 3 is 2.57 bits per heavy atom. The zero-order valence-corrected chi connectivity index (χ0v) is 14.0. The van der Waals surface area contributed by atoms with Crippen molar-refractivity contribution in [2.45, 2.75) is 13.5 Å². The third kappa shape index (κ3) is 4.43. The average Bonchev–Trinajstić information content (AvgIpc) is 2.55. The first-order chi connectivity index (χ1) is 11.0. The van der Waals surface area contributed by atoms with E-state index in [4.69, 9.17) is 15.3 Å². The molecule has 0 aliphatic carbocycles. The van der Waals surface area contributed by atoms with E-state index in [-0.39, 0.29) is 12.4 Å². The summed E-state index contributed by atoms with van der Waals surface area (Å²) in [6.07, 6.45) is 0. The van der Waals surface area contributed by atoms with Gasteiger partial charge in [-0.3, -0.25) is 10.2 Å². The SMILES string of the molecule is CCOc1cc(C(=O)NN)cc(Br)c1OCc1ccc(F)cc1. The summed E-state index contributed by atoms with van der Waals surface area (Å²) in [7, 11) is 0. The van der Waals surface area contributed by atoms with Gasteiger partial charge in [-0.1, -0.05) is 12.1 Å². The van der Waals surface area contributed by atoms with E-state index in [1.165, 1.54) is 12.1 Å². The van der Waals surface area contributed by atoms with Crippen LogP contribution in [0.5, 0.6) is 11.5 Å². The fourth-order valence-corrected chi connectivity index (χ4v) is 2.48. The Balaban J connectivity index is 2.25. The maximum atomic E-state index is 12.9. The molecule has 0 atom stereocenters. The smallest absolute Gasteiger partial charge is 0.265 e. The molecular formula is C16H16BrFN2O3. The lowest BCUT2D eigenvalue weighted by molar-refractivity contribution is 0.0953. The molecule has 2 aromatic rings. The van der Waals surface area contributed by atoms with Crippen LogP contribution in [-0.4, -0.2) is 12.5 Å². The molecule has 0 aliphatic heterocycles. The zero-order valence-electron chi connectivity index (χ0n) is 12.4. The molecular weight excluding hydrogens is 367 g/mol. The van der Waals surface area contributed by atoms with E-state index in [0.29, 0.717) is 28.1 Å². The predicted octanol–water partition coefficient (Wildman–Crippen LogP) is 3.17. The van der Waals surface area contributed by atoms with Gasteiger partial charge in [0, 0.05) is 5.56 Å². The van der Waals surface area contributed by atoms with E-state index in [9.17, 15) is 9.18 Å². The van der Waals surface area contributed by atoms with Crippen molar-refractivity contribution in [2.75, 3.05) is 6.61 Å². The van der Waals surface area contributed by atoms with E-state index >= 15 is 0 Å². The normalized spacial score (nSPS) is 10.3. The van der Waals surface area contributed by atoms with Crippen LogP contribution in [0.2, 0.25) is 0 Å². The molecule has 0 fully saturated rings. The highest BCUT2D eigenvalue weighted by molar-refractivity contribution is 9.10. The van der Waals surface area contributed by atoms with E-state index in [1.54, 1.807) is 24.3 Å². The van der Waals surface area contributed by atoms with Crippen LogP contribution in [0, 0.1) is 5.82 Å². The molecule has 0 heterocycles. The minimum Gasteiger partial charge on any atom is -0.490 e. The Morgan fingerprint density at radius 2 is 1.96 bits per heavy atom. The molecule has 0 aromatic heterocycles. The van der Waals surface area contributed by atoms with Crippen LogP contribution in [0.1, 0.15) is 22.8 Å². The standard InChI is InChI=1S/C16H16BrFN2O3/c1-2-22-14-8-11(16(21)20-19)7-13(17)15(14)23-9-10-3-5-12(18)6-4-10/h3-8H,2,9,19H2,1H3,(H,20,21). The van der Waals surface area contributed by atoms with Crippen molar-refractivity contribution in [3.63, 3.8) is 0 Å². The van der Waals surface area contributed by atoms with Gasteiger partial charge >= 0.3 is 0 Å². The molecule has 2 rings (SSSR count). The second kappa shape index (κ2) is 7.94. The van der Waals surface area contributed by atoms with Gasteiger partial charge in [0.1, 0.15) is 12.4 Å². The lowest BCUT2D eigenvalue weighted by atomic mass is 10.2. The van der Waals surface area contributed by atoms with Gasteiger partial charge in [-0.2, -0.15) is 0 Å². The van der Waals surface area contributed by atoms with Crippen molar-refractivity contribution < 1.29 is 18.7 Å². The maximum Gasteiger partial charge on any atom is 0.265 e. The van der Waals surface area contributed by atoms with Crippen molar-refractivity contribution in [3.8, 4) is 11.5 Å². The Bertz CT molecular complexity index is 692. The van der Waals surface area contributed by atoms with Gasteiger partial charge in [0.05, 0.1) is 11.1 Å². The van der Waals surface area contributed by atoms with Crippen molar-refractivity contribution >= 4 is 21.8 Å². The molecule has 0 radical (unpaired) electrons. The third-order valence-electron chi connectivity index (χ3n) is 3.00. The lowest BCUT2D eigenvalue weighted by Crippen LogP contribution is -2.30. The molecule has 0 unspecified atom stereocenters. The summed E-state index contributed by atoms with van der Waals surface area (Å²) < 4.78 is 24.8. The summed E-state index contributed by atoms with van der Waals surface area (Å²) in [5, 5.41) is 0. The van der Waals surface area contributed by atoms with Crippen molar-refractivity contribution in [3.05, 3.63) is 57.8 Å². The van der Waals surface area contributed by atoms with Gasteiger partial charge in [-0.05, 0) is 52.7 Å². The number of nitrogens with two attached hydrogens (primary N) is 1. The summed E-state index contributed by atoms with van der Waals surface area (Å²) in [5.41, 5.74) is 3.22. The summed E-state index contributed by atoms with van der Waals surface area (Å²) >= 11 is 3.36. The number of halogens is 2. The van der Waals surface area contributed by atoms with Gasteiger partial charge in [-0.25, -0.2) is 10.2 Å². The number of benzene rings is 2. The molecule has 0 saturated carbocycles. The van der Waals surface area contributed by atoms with Gasteiger partial charge in [0.15, 0.2) is 11.5 Å². The summed E-state index contributed by atoms with van der Waals surface area (Å²) in [5.74, 6) is 5.29. The third-order valence-corrected chi connectivity index (χ3v) is 3.59. The number of hydrazine groups is 1. The fraction of sp³-hybridized carbons (Fsp3) is 0.188. The number of rotatable bonds is 6. The molecule has 0 spiro atoms. The second-order valence-electron chi connectivity index (χ2n) is 4.61. The fourth-order valence-electron chi connectivity index (χ4n) is 1.92. The quantitative estimate of drug-likeness (QED) is 0.457. The maximum absolute atomic E-state index is 12.9. The first kappa shape index (κ1) is 17.2. The number of hydrogen-bond donors (Lipinski definition) is 2. The van der Waals surface area contributed by atoms with Crippen LogP contribution >= 0.6 is 15.9 Å². The Morgan fingerprint density at radius 1 is 1.26 bits per heavy atom. The number of carbonyl (C=O) groups excluding carboxylic acids is 1. The van der Waals surface area contributed by atoms with Crippen molar-refractivity contribution in [1.82, 2.24) is 5.43 Å². The van der Waals surface area contributed by atoms with Crippen LogP contribution in [0.25, 0.3) is 0 Å². The molecule has 7 heteroatoms. The van der Waals surface area contributed by atoms with Crippen LogP contribution < -0.4 is 20.7 Å². The van der Waals surface area contributed by atoms with E-state index in [2.05, 4.69) is 21.4 Å². The van der Waals surface area contributed by atoms with E-state index in [0.717, 1.165) is 5.56 Å². The van der Waals surface area contributed by atoms with Crippen molar-refractivity contribution in [1.29, 1.82) is 0 Å². The number of carbonyl (C=O) groups is 1. The number of nitrogens with one attached hydrogen (secondary N) is 1. The minimum atomic E-state index is -0.434. The number of amides is 1. The summed E-state index contributed by atoms with van der Waals surface area (Å²) in [6, 6.07) is 9.15. The molecule has 3 N–H and O–H groups in total. The number of hydrogen-bond acceptors (Lipinski definition) is 4. The summed E-state index contributed by atoms with van der Waals surface area (Å²) in [6.45, 7) is 2.47. The van der Waals surface area contributed by atoms with E-state index < -0.39 is 5.91 Å². The van der Waals surface area contributed by atoms with Crippen LogP contribution in [-0.2, 0) is 6.61 Å². The van der Waals surface area contributed by atoms with Gasteiger partial charge in [-0.15, -0.1) is 0 Å². The topological polar surface area (TPSA) is 73.6 Å². The molecule has 2 aromatic carbocycles. The molecule has 5 nitrogen and oxygen atoms in total. The lowest BCUT2D eigenvalue weighted by Gasteiger charge is -2.15. The monoisotopic (exact) mass is 382 g/mol. The van der Waals surface area contributed by atoms with Crippen LogP contribution in [0.4, 0.5) is 4.39 Å². The zero-order chi connectivity index (χ0) is 16.8. The molecule has 0 bridgehead atoms. The average molecular weight is 383 g/mol. The van der Waals surface area contributed by atoms with Crippen LogP contribution in [0.3, 0.4) is 0 Å². The Hall–Kier alpha value is -2.12. The first-order valence-corrected chi connectivity index (χ1v) is 7.69. The molecule has 0 aliphatic rings. The molecule has 23 heavy (non-hydrogen) atoms. The molecule has 1 amide bonds. The predicted molar refractivity (Wildman–Crippen MR) is 87.7 cm³/mol. The number of ether oxygens (including phenoxy) is 2. The van der Waals surface area contributed by atoms with Gasteiger partial charge < -0.3 is 9.47 Å². The number of nitrogen functional groups attached to an aromatic ring is 1. The molecule has 122 valence electrons. The molecule has 0 saturated heterocycles. The van der Waals surface area contributed by atoms with Crippen molar-refractivity contribution in [2.24, 2.45) is 5.84 Å². The van der Waals surface area contributed by atoms with Gasteiger partial charge in [0.25, 0.3) is 5.91 Å². The first-order valence-electron chi connectivity index (χ1n) is 6.89. The Labute approximate surface area is 141 Å². The van der Waals surface area contributed by atoms with Crippen LogP contribution in [0.15, 0.2) is 40.9 Å². The minimum absolute atomic E-state index is 0.237.